The number of nitrogens with zero attached hydrogens (tertiary/aromatic N) is 2. The Morgan fingerprint density at radius 1 is 1.08 bits per heavy atom. The van der Waals surface area contributed by atoms with Crippen molar-refractivity contribution >= 4 is 28.9 Å². The molecule has 0 spiro atoms. The number of nitrogens with one attached hydrogen (secondary N) is 1. The molecule has 0 fully saturated rings. The van der Waals surface area contributed by atoms with Crippen molar-refractivity contribution in [1.82, 2.24) is 9.78 Å². The largest absolute Gasteiger partial charge is 0.434 e. The van der Waals surface area contributed by atoms with E-state index >= 15 is 0 Å². The average Bonchev–Trinajstić information content (AvgIpc) is 2.60. The Morgan fingerprint density at radius 2 is 1.72 bits per heavy atom. The molecule has 1 heterocycles. The van der Waals surface area contributed by atoms with Crippen LogP contribution in [0.3, 0.4) is 0 Å². The molecule has 3 rings (SSSR count). The second kappa shape index (κ2) is 7.10. The molecule has 0 amide bonds. The molecule has 0 aliphatic carbocycles. The molecular weight excluding hydrogens is 370 g/mol. The number of nitrogen functional groups attached to an aromatic ring is 1. The summed E-state index contributed by atoms with van der Waals surface area (Å²) in [5, 5.41) is 4.51. The van der Waals surface area contributed by atoms with Gasteiger partial charge in [-0.25, -0.2) is 4.39 Å². The summed E-state index contributed by atoms with van der Waals surface area (Å²) in [6.07, 6.45) is 0. The molecule has 1 aromatic heterocycles. The zero-order chi connectivity index (χ0) is 18.0. The summed E-state index contributed by atoms with van der Waals surface area (Å²) in [6.45, 7) is 0. The van der Waals surface area contributed by atoms with Crippen molar-refractivity contribution in [2.45, 2.75) is 0 Å². The van der Waals surface area contributed by atoms with E-state index in [1.807, 2.05) is 0 Å². The van der Waals surface area contributed by atoms with Crippen LogP contribution in [0.2, 0.25) is 10.0 Å². The third-order valence-corrected chi connectivity index (χ3v) is 3.78. The van der Waals surface area contributed by atoms with E-state index in [2.05, 4.69) is 10.5 Å². The van der Waals surface area contributed by atoms with Gasteiger partial charge in [-0.2, -0.15) is 4.68 Å². The van der Waals surface area contributed by atoms with E-state index in [0.717, 1.165) is 4.68 Å². The van der Waals surface area contributed by atoms with Crippen LogP contribution in [0.25, 0.3) is 5.69 Å². The molecule has 128 valence electrons. The summed E-state index contributed by atoms with van der Waals surface area (Å²) in [7, 11) is 0. The molecule has 0 saturated carbocycles. The molecule has 9 heteroatoms. The predicted octanol–water partition coefficient (Wildman–Crippen LogP) is 3.76. The van der Waals surface area contributed by atoms with E-state index < -0.39 is 11.4 Å². The molecule has 0 unspecified atom stereocenters. The van der Waals surface area contributed by atoms with Gasteiger partial charge in [0.25, 0.3) is 5.56 Å². The molecule has 3 N–H and O–H groups in total. The fraction of sp³-hybridized carbons (Fsp3) is 0. The minimum atomic E-state index is -0.420. The van der Waals surface area contributed by atoms with Crippen LogP contribution >= 0.6 is 23.2 Å². The van der Waals surface area contributed by atoms with E-state index in [1.54, 1.807) is 0 Å². The van der Waals surface area contributed by atoms with Gasteiger partial charge in [0.15, 0.2) is 5.75 Å². The van der Waals surface area contributed by atoms with Gasteiger partial charge in [-0.3, -0.25) is 10.6 Å². The van der Waals surface area contributed by atoms with E-state index in [9.17, 15) is 9.18 Å². The van der Waals surface area contributed by atoms with E-state index in [1.165, 1.54) is 48.5 Å². The highest BCUT2D eigenvalue weighted by Crippen LogP contribution is 2.38. The Morgan fingerprint density at radius 3 is 2.32 bits per heavy atom. The van der Waals surface area contributed by atoms with Gasteiger partial charge < -0.3 is 10.2 Å². The zero-order valence-corrected chi connectivity index (χ0v) is 14.1. The number of rotatable bonds is 4. The monoisotopic (exact) mass is 380 g/mol. The van der Waals surface area contributed by atoms with Crippen molar-refractivity contribution in [3.05, 3.63) is 74.7 Å². The van der Waals surface area contributed by atoms with Gasteiger partial charge in [-0.15, -0.1) is 5.10 Å². The van der Waals surface area contributed by atoms with Gasteiger partial charge in [0.05, 0.1) is 21.4 Å². The first-order valence-electron chi connectivity index (χ1n) is 6.98. The summed E-state index contributed by atoms with van der Waals surface area (Å²) in [5.74, 6) is 5.15. The van der Waals surface area contributed by atoms with Gasteiger partial charge in [0, 0.05) is 12.1 Å². The van der Waals surface area contributed by atoms with Crippen molar-refractivity contribution in [3.63, 3.8) is 0 Å². The molecule has 6 nitrogen and oxygen atoms in total. The lowest BCUT2D eigenvalue weighted by atomic mass is 10.3. The molecule has 0 radical (unpaired) electrons. The molecule has 0 saturated heterocycles. The Kier molecular flexibility index (Phi) is 4.89. The molecule has 3 aromatic rings. The number of anilines is 1. The number of nitrogens with two attached hydrogens (primary N) is 1. The Labute approximate surface area is 151 Å². The van der Waals surface area contributed by atoms with Crippen LogP contribution in [0, 0.1) is 5.82 Å². The number of hydrogen-bond acceptors (Lipinski definition) is 5. The molecule has 25 heavy (non-hydrogen) atoms. The average molecular weight is 381 g/mol. The maximum Gasteiger partial charge on any atom is 0.271 e. The molecule has 0 bridgehead atoms. The number of ether oxygens (including phenoxy) is 1. The van der Waals surface area contributed by atoms with Crippen molar-refractivity contribution in [2.75, 3.05) is 5.43 Å². The van der Waals surface area contributed by atoms with E-state index in [4.69, 9.17) is 33.8 Å². The first-order valence-corrected chi connectivity index (χ1v) is 7.73. The number of halogens is 3. The first-order chi connectivity index (χ1) is 12.0. The minimum Gasteiger partial charge on any atom is -0.434 e. The second-order valence-corrected chi connectivity index (χ2v) is 5.73. The van der Waals surface area contributed by atoms with Crippen molar-refractivity contribution < 1.29 is 9.13 Å². The number of benzene rings is 2. The predicted molar refractivity (Wildman–Crippen MR) is 94.1 cm³/mol. The molecule has 0 aliphatic heterocycles. The molecule has 2 aromatic carbocycles. The first kappa shape index (κ1) is 17.2. The SMILES string of the molecule is NNc1cc(Cl)c(Oc2ccc(=O)n(-c3ccc(F)cc3)n2)c(Cl)c1. The highest BCUT2D eigenvalue weighted by Gasteiger charge is 2.13. The molecule has 0 aliphatic rings. The third-order valence-electron chi connectivity index (χ3n) is 3.22. The van der Waals surface area contributed by atoms with Gasteiger partial charge in [0.2, 0.25) is 5.88 Å². The zero-order valence-electron chi connectivity index (χ0n) is 12.5. The van der Waals surface area contributed by atoms with Gasteiger partial charge >= 0.3 is 0 Å². The summed E-state index contributed by atoms with van der Waals surface area (Å²) in [6, 6.07) is 11.0. The lowest BCUT2D eigenvalue weighted by Crippen LogP contribution is -2.20. The van der Waals surface area contributed by atoms with Crippen LogP contribution in [-0.4, -0.2) is 9.78 Å². The maximum absolute atomic E-state index is 13.0. The van der Waals surface area contributed by atoms with Crippen LogP contribution in [0.5, 0.6) is 11.6 Å². The van der Waals surface area contributed by atoms with Crippen LogP contribution in [0.15, 0.2) is 53.3 Å². The van der Waals surface area contributed by atoms with Gasteiger partial charge in [0.1, 0.15) is 5.82 Å². The van der Waals surface area contributed by atoms with E-state index in [0.29, 0.717) is 11.4 Å². The maximum atomic E-state index is 13.0. The molecular formula is C16H11Cl2FN4O2. The lowest BCUT2D eigenvalue weighted by molar-refractivity contribution is 0.447. The van der Waals surface area contributed by atoms with Gasteiger partial charge in [-0.05, 0) is 36.4 Å². The quantitative estimate of drug-likeness (QED) is 0.531. The topological polar surface area (TPSA) is 82.2 Å². The van der Waals surface area contributed by atoms with Crippen molar-refractivity contribution in [1.29, 1.82) is 0 Å². The summed E-state index contributed by atoms with van der Waals surface area (Å²) >= 11 is 12.3. The Balaban J connectivity index is 1.99. The third kappa shape index (κ3) is 3.74. The van der Waals surface area contributed by atoms with Crippen LogP contribution in [0.1, 0.15) is 0 Å². The Bertz CT molecular complexity index is 954. The summed E-state index contributed by atoms with van der Waals surface area (Å²) in [4.78, 5) is 12.0. The number of hydrazine groups is 1. The minimum absolute atomic E-state index is 0.0844. The number of aromatic nitrogens is 2. The highest BCUT2D eigenvalue weighted by atomic mass is 35.5. The second-order valence-electron chi connectivity index (χ2n) is 4.91. The smallest absolute Gasteiger partial charge is 0.271 e. The standard InChI is InChI=1S/C16H11Cl2FN4O2/c17-12-7-10(21-20)8-13(18)16(12)25-14-5-6-15(24)23(22-14)11-3-1-9(19)2-4-11/h1-8,21H,20H2. The van der Waals surface area contributed by atoms with Gasteiger partial charge in [-0.1, -0.05) is 23.2 Å². The normalized spacial score (nSPS) is 10.6. The fourth-order valence-corrected chi connectivity index (χ4v) is 2.63. The van der Waals surface area contributed by atoms with Crippen molar-refractivity contribution in [3.8, 4) is 17.3 Å². The van der Waals surface area contributed by atoms with E-state index in [-0.39, 0.29) is 21.7 Å². The molecule has 0 atom stereocenters. The fourth-order valence-electron chi connectivity index (χ4n) is 2.06. The highest BCUT2D eigenvalue weighted by molar-refractivity contribution is 6.37. The number of hydrogen-bond donors (Lipinski definition) is 2. The lowest BCUT2D eigenvalue weighted by Gasteiger charge is -2.12. The van der Waals surface area contributed by atoms with Crippen LogP contribution < -0.4 is 21.6 Å². The summed E-state index contributed by atoms with van der Waals surface area (Å²) in [5.41, 5.74) is 2.91. The summed E-state index contributed by atoms with van der Waals surface area (Å²) < 4.78 is 19.7. The Hall–Kier alpha value is -2.61. The van der Waals surface area contributed by atoms with Crippen LogP contribution in [0.4, 0.5) is 10.1 Å². The van der Waals surface area contributed by atoms with Crippen LogP contribution in [-0.2, 0) is 0 Å². The van der Waals surface area contributed by atoms with Crippen molar-refractivity contribution in [2.24, 2.45) is 5.84 Å².